The Balaban J connectivity index is 1.58. The van der Waals surface area contributed by atoms with Gasteiger partial charge >= 0.3 is 0 Å². The van der Waals surface area contributed by atoms with Crippen molar-refractivity contribution in [1.29, 1.82) is 5.26 Å². The first-order chi connectivity index (χ1) is 9.38. The third-order valence-corrected chi connectivity index (χ3v) is 3.53. The van der Waals surface area contributed by atoms with E-state index < -0.39 is 0 Å². The highest BCUT2D eigenvalue weighted by Crippen LogP contribution is 2.24. The molecule has 102 valence electrons. The topological polar surface area (TPSA) is 42.2 Å². The van der Waals surface area contributed by atoms with Gasteiger partial charge < -0.3 is 9.47 Å². The summed E-state index contributed by atoms with van der Waals surface area (Å²) >= 11 is 0. The molecule has 1 aliphatic carbocycles. The number of benzene rings is 1. The lowest BCUT2D eigenvalue weighted by Crippen LogP contribution is -2.11. The van der Waals surface area contributed by atoms with Gasteiger partial charge in [-0.25, -0.2) is 0 Å². The molecule has 0 bridgehead atoms. The van der Waals surface area contributed by atoms with E-state index in [2.05, 4.69) is 6.07 Å². The summed E-state index contributed by atoms with van der Waals surface area (Å²) in [4.78, 5) is 0. The van der Waals surface area contributed by atoms with Crippen LogP contribution < -0.4 is 4.74 Å². The van der Waals surface area contributed by atoms with E-state index in [1.54, 1.807) is 0 Å². The van der Waals surface area contributed by atoms with E-state index in [9.17, 15) is 0 Å². The maximum atomic E-state index is 8.58. The van der Waals surface area contributed by atoms with Crippen molar-refractivity contribution in [3.63, 3.8) is 0 Å². The van der Waals surface area contributed by atoms with E-state index in [0.717, 1.165) is 23.8 Å². The third kappa shape index (κ3) is 4.92. The molecule has 0 N–H and O–H groups in total. The number of nitriles is 1. The fourth-order valence-corrected chi connectivity index (χ4v) is 2.44. The summed E-state index contributed by atoms with van der Waals surface area (Å²) in [6.45, 7) is 2.12. The Morgan fingerprint density at radius 3 is 2.53 bits per heavy atom. The summed E-state index contributed by atoms with van der Waals surface area (Å²) in [6, 6.07) is 9.80. The Hall–Kier alpha value is -1.53. The quantitative estimate of drug-likeness (QED) is 0.705. The molecule has 0 unspecified atom stereocenters. The molecule has 0 atom stereocenters. The number of hydrogen-bond acceptors (Lipinski definition) is 3. The lowest BCUT2D eigenvalue weighted by Gasteiger charge is -2.10. The smallest absolute Gasteiger partial charge is 0.119 e. The molecule has 0 amide bonds. The van der Waals surface area contributed by atoms with Gasteiger partial charge in [-0.1, -0.05) is 25.0 Å². The molecule has 3 heteroatoms. The zero-order chi connectivity index (χ0) is 13.3. The van der Waals surface area contributed by atoms with Crippen LogP contribution in [0.15, 0.2) is 24.3 Å². The third-order valence-electron chi connectivity index (χ3n) is 3.53. The predicted octanol–water partition coefficient (Wildman–Crippen LogP) is 3.34. The maximum Gasteiger partial charge on any atom is 0.119 e. The molecule has 1 fully saturated rings. The van der Waals surface area contributed by atoms with Gasteiger partial charge in [-0.05, 0) is 36.5 Å². The number of rotatable bonds is 7. The Bertz CT molecular complexity index is 402. The van der Waals surface area contributed by atoms with Gasteiger partial charge in [-0.3, -0.25) is 0 Å². The average molecular weight is 259 g/mol. The molecule has 19 heavy (non-hydrogen) atoms. The first-order valence-electron chi connectivity index (χ1n) is 7.05. The van der Waals surface area contributed by atoms with Crippen molar-refractivity contribution in [3.05, 3.63) is 29.8 Å². The van der Waals surface area contributed by atoms with Crippen LogP contribution in [0.3, 0.4) is 0 Å². The fourth-order valence-electron chi connectivity index (χ4n) is 2.44. The minimum atomic E-state index is 0.449. The molecule has 0 saturated heterocycles. The van der Waals surface area contributed by atoms with Crippen LogP contribution in [-0.2, 0) is 11.2 Å². The Labute approximate surface area is 115 Å². The lowest BCUT2D eigenvalue weighted by atomic mass is 10.1. The molecule has 2 rings (SSSR count). The lowest BCUT2D eigenvalue weighted by molar-refractivity contribution is 0.0754. The second-order valence-electron chi connectivity index (χ2n) is 5.05. The number of hydrogen-bond donors (Lipinski definition) is 0. The van der Waals surface area contributed by atoms with Crippen LogP contribution in [0.5, 0.6) is 5.75 Å². The molecular weight excluding hydrogens is 238 g/mol. The summed E-state index contributed by atoms with van der Waals surface area (Å²) in [5.74, 6) is 1.61. The van der Waals surface area contributed by atoms with Crippen molar-refractivity contribution in [2.24, 2.45) is 5.92 Å². The monoisotopic (exact) mass is 259 g/mol. The molecule has 1 saturated carbocycles. The van der Waals surface area contributed by atoms with Crippen LogP contribution in [-0.4, -0.2) is 19.8 Å². The van der Waals surface area contributed by atoms with Gasteiger partial charge in [0.25, 0.3) is 0 Å². The molecule has 0 heterocycles. The van der Waals surface area contributed by atoms with Crippen molar-refractivity contribution in [2.75, 3.05) is 19.8 Å². The van der Waals surface area contributed by atoms with Gasteiger partial charge in [0.15, 0.2) is 0 Å². The van der Waals surface area contributed by atoms with Gasteiger partial charge in [0.05, 0.1) is 19.1 Å². The largest absolute Gasteiger partial charge is 0.491 e. The van der Waals surface area contributed by atoms with Crippen molar-refractivity contribution in [1.82, 2.24) is 0 Å². The Morgan fingerprint density at radius 2 is 1.84 bits per heavy atom. The van der Waals surface area contributed by atoms with Crippen LogP contribution in [0.1, 0.15) is 31.2 Å². The molecule has 1 aliphatic rings. The summed E-state index contributed by atoms with van der Waals surface area (Å²) < 4.78 is 11.2. The van der Waals surface area contributed by atoms with E-state index in [1.807, 2.05) is 24.3 Å². The maximum absolute atomic E-state index is 8.58. The van der Waals surface area contributed by atoms with Gasteiger partial charge in [-0.15, -0.1) is 0 Å². The van der Waals surface area contributed by atoms with Crippen molar-refractivity contribution >= 4 is 0 Å². The summed E-state index contributed by atoms with van der Waals surface area (Å²) in [7, 11) is 0. The minimum Gasteiger partial charge on any atom is -0.491 e. The van der Waals surface area contributed by atoms with Crippen LogP contribution in [0, 0.1) is 17.2 Å². The van der Waals surface area contributed by atoms with Gasteiger partial charge in [-0.2, -0.15) is 5.26 Å². The average Bonchev–Trinajstić information content (AvgIpc) is 2.94. The van der Waals surface area contributed by atoms with E-state index >= 15 is 0 Å². The van der Waals surface area contributed by atoms with Gasteiger partial charge in [0.2, 0.25) is 0 Å². The van der Waals surface area contributed by atoms with Gasteiger partial charge in [0.1, 0.15) is 12.4 Å². The molecular formula is C16H21NO2. The normalized spacial score (nSPS) is 15.3. The molecule has 0 spiro atoms. The number of ether oxygens (including phenoxy) is 2. The van der Waals surface area contributed by atoms with Crippen LogP contribution in [0.4, 0.5) is 0 Å². The van der Waals surface area contributed by atoms with Crippen molar-refractivity contribution in [2.45, 2.75) is 32.1 Å². The van der Waals surface area contributed by atoms with Crippen LogP contribution >= 0.6 is 0 Å². The molecule has 1 aromatic carbocycles. The minimum absolute atomic E-state index is 0.449. The standard InChI is InChI=1S/C16H21NO2/c17-10-9-14-5-7-16(8-6-14)19-12-11-18-13-15-3-1-2-4-15/h5-8,15H,1-4,9,11-13H2. The molecule has 3 nitrogen and oxygen atoms in total. The van der Waals surface area contributed by atoms with E-state index in [4.69, 9.17) is 14.7 Å². The van der Waals surface area contributed by atoms with Gasteiger partial charge in [0, 0.05) is 6.61 Å². The second kappa shape index (κ2) is 7.81. The first kappa shape index (κ1) is 13.9. The van der Waals surface area contributed by atoms with E-state index in [0.29, 0.717) is 19.6 Å². The Morgan fingerprint density at radius 1 is 1.11 bits per heavy atom. The number of nitrogens with zero attached hydrogens (tertiary/aromatic N) is 1. The SMILES string of the molecule is N#CCc1ccc(OCCOCC2CCCC2)cc1. The first-order valence-corrected chi connectivity index (χ1v) is 7.05. The highest BCUT2D eigenvalue weighted by molar-refractivity contribution is 5.28. The molecule has 0 aromatic heterocycles. The zero-order valence-electron chi connectivity index (χ0n) is 11.3. The second-order valence-corrected chi connectivity index (χ2v) is 5.05. The summed E-state index contributed by atoms with van der Waals surface area (Å²) in [6.07, 6.45) is 5.81. The molecule has 1 aromatic rings. The highest BCUT2D eigenvalue weighted by atomic mass is 16.5. The molecule has 0 aliphatic heterocycles. The Kier molecular flexibility index (Phi) is 5.71. The summed E-state index contributed by atoms with van der Waals surface area (Å²) in [5, 5.41) is 8.58. The van der Waals surface area contributed by atoms with Crippen LogP contribution in [0.25, 0.3) is 0 Å². The van der Waals surface area contributed by atoms with E-state index in [1.165, 1.54) is 25.7 Å². The van der Waals surface area contributed by atoms with Crippen molar-refractivity contribution in [3.8, 4) is 11.8 Å². The summed E-state index contributed by atoms with van der Waals surface area (Å²) in [5.41, 5.74) is 1.02. The fraction of sp³-hybridized carbons (Fsp3) is 0.562. The zero-order valence-corrected chi connectivity index (χ0v) is 11.3. The molecule has 0 radical (unpaired) electrons. The predicted molar refractivity (Wildman–Crippen MR) is 74.0 cm³/mol. The van der Waals surface area contributed by atoms with E-state index in [-0.39, 0.29) is 0 Å². The van der Waals surface area contributed by atoms with Crippen molar-refractivity contribution < 1.29 is 9.47 Å². The highest BCUT2D eigenvalue weighted by Gasteiger charge is 2.14. The van der Waals surface area contributed by atoms with Crippen LogP contribution in [0.2, 0.25) is 0 Å².